The van der Waals surface area contributed by atoms with E-state index in [9.17, 15) is 4.79 Å². The molecule has 0 saturated heterocycles. The van der Waals surface area contributed by atoms with Crippen molar-refractivity contribution in [1.82, 2.24) is 25.1 Å². The first kappa shape index (κ1) is 17.5. The smallest absolute Gasteiger partial charge is 0.257 e. The molecule has 0 fully saturated rings. The number of thiocarbonyl (C=S) groups is 1. The molecule has 134 valence electrons. The number of benzene rings is 2. The van der Waals surface area contributed by atoms with Crippen LogP contribution in [0, 0.1) is 0 Å². The highest BCUT2D eigenvalue weighted by Crippen LogP contribution is 2.25. The monoisotopic (exact) mass is 414 g/mol. The molecule has 27 heavy (non-hydrogen) atoms. The first-order chi connectivity index (χ1) is 13.1. The van der Waals surface area contributed by atoms with E-state index < -0.39 is 0 Å². The maximum absolute atomic E-state index is 12.2. The molecule has 4 aromatic rings. The third-order valence-corrected chi connectivity index (χ3v) is 5.03. The number of aromatic nitrogens is 4. The molecular weight excluding hydrogens is 404 g/mol. The van der Waals surface area contributed by atoms with Gasteiger partial charge in [-0.3, -0.25) is 10.1 Å². The SMILES string of the molecule is O=C(NC(=S)Nc1ccc(-c2nn3cnnc3s2)cc1)c1ccc(Cl)cc1. The highest BCUT2D eigenvalue weighted by Gasteiger charge is 2.10. The number of nitrogens with one attached hydrogen (secondary N) is 2. The molecular formula is C17H11ClN6OS2. The molecule has 1 amide bonds. The fraction of sp³-hybridized carbons (Fsp3) is 0. The first-order valence-corrected chi connectivity index (χ1v) is 9.34. The van der Waals surface area contributed by atoms with Gasteiger partial charge in [0.25, 0.3) is 5.91 Å². The molecule has 0 aliphatic heterocycles. The van der Waals surface area contributed by atoms with Gasteiger partial charge in [-0.15, -0.1) is 10.2 Å². The molecule has 0 aliphatic rings. The Morgan fingerprint density at radius 3 is 2.56 bits per heavy atom. The summed E-state index contributed by atoms with van der Waals surface area (Å²) in [5, 5.41) is 19.4. The average Bonchev–Trinajstić information content (AvgIpc) is 3.25. The summed E-state index contributed by atoms with van der Waals surface area (Å²) in [6, 6.07) is 14.1. The highest BCUT2D eigenvalue weighted by atomic mass is 35.5. The molecule has 0 bridgehead atoms. The second kappa shape index (κ2) is 7.39. The number of rotatable bonds is 3. The molecule has 10 heteroatoms. The third kappa shape index (κ3) is 3.95. The van der Waals surface area contributed by atoms with Crippen molar-refractivity contribution in [3.05, 3.63) is 65.4 Å². The molecule has 0 atom stereocenters. The molecule has 2 aromatic heterocycles. The lowest BCUT2D eigenvalue weighted by Gasteiger charge is -2.10. The zero-order chi connectivity index (χ0) is 18.8. The van der Waals surface area contributed by atoms with Crippen molar-refractivity contribution in [2.45, 2.75) is 0 Å². The summed E-state index contributed by atoms with van der Waals surface area (Å²) < 4.78 is 1.63. The Bertz CT molecular complexity index is 1090. The maximum Gasteiger partial charge on any atom is 0.257 e. The van der Waals surface area contributed by atoms with Gasteiger partial charge in [-0.2, -0.15) is 9.61 Å². The van der Waals surface area contributed by atoms with Gasteiger partial charge in [-0.1, -0.05) is 22.9 Å². The molecule has 7 nitrogen and oxygen atoms in total. The predicted octanol–water partition coefficient (Wildman–Crippen LogP) is 3.63. The Hall–Kier alpha value is -2.88. The summed E-state index contributed by atoms with van der Waals surface area (Å²) in [4.78, 5) is 12.9. The Morgan fingerprint density at radius 1 is 1.11 bits per heavy atom. The number of carbonyl (C=O) groups is 1. The van der Waals surface area contributed by atoms with Gasteiger partial charge >= 0.3 is 0 Å². The van der Waals surface area contributed by atoms with Gasteiger partial charge in [0.15, 0.2) is 5.11 Å². The standard InChI is InChI=1S/C17H11ClN6OS2/c18-12-5-1-10(2-6-12)14(25)21-16(26)20-13-7-3-11(4-8-13)15-23-24-9-19-22-17(24)27-15/h1-9H,(H2,20,21,25,26). The van der Waals surface area contributed by atoms with Crippen molar-refractivity contribution in [3.63, 3.8) is 0 Å². The minimum atomic E-state index is -0.305. The van der Waals surface area contributed by atoms with Crippen LogP contribution in [0.4, 0.5) is 5.69 Å². The van der Waals surface area contributed by atoms with E-state index in [-0.39, 0.29) is 11.0 Å². The topological polar surface area (TPSA) is 84.2 Å². The number of amides is 1. The average molecular weight is 415 g/mol. The lowest BCUT2D eigenvalue weighted by molar-refractivity contribution is 0.0978. The van der Waals surface area contributed by atoms with Gasteiger partial charge in [0.2, 0.25) is 4.96 Å². The molecule has 2 heterocycles. The number of anilines is 1. The zero-order valence-corrected chi connectivity index (χ0v) is 16.0. The molecule has 4 rings (SSSR count). The summed E-state index contributed by atoms with van der Waals surface area (Å²) in [5.41, 5.74) is 2.18. The number of hydrogen-bond donors (Lipinski definition) is 2. The van der Waals surface area contributed by atoms with E-state index in [0.29, 0.717) is 10.6 Å². The normalized spacial score (nSPS) is 10.7. The lowest BCUT2D eigenvalue weighted by Crippen LogP contribution is -2.34. The van der Waals surface area contributed by atoms with Crippen LogP contribution in [0.3, 0.4) is 0 Å². The molecule has 0 radical (unpaired) electrons. The van der Waals surface area contributed by atoms with E-state index >= 15 is 0 Å². The highest BCUT2D eigenvalue weighted by molar-refractivity contribution is 7.80. The van der Waals surface area contributed by atoms with Gasteiger partial charge in [-0.25, -0.2) is 0 Å². The van der Waals surface area contributed by atoms with Gasteiger partial charge in [0, 0.05) is 21.8 Å². The molecule has 0 saturated carbocycles. The third-order valence-electron chi connectivity index (χ3n) is 3.61. The van der Waals surface area contributed by atoms with Crippen molar-refractivity contribution < 1.29 is 4.79 Å². The minimum Gasteiger partial charge on any atom is -0.332 e. The van der Waals surface area contributed by atoms with E-state index in [2.05, 4.69) is 25.9 Å². The molecule has 0 unspecified atom stereocenters. The van der Waals surface area contributed by atoms with Gasteiger partial charge < -0.3 is 5.32 Å². The fourth-order valence-corrected chi connectivity index (χ4v) is 3.47. The minimum absolute atomic E-state index is 0.210. The van der Waals surface area contributed by atoms with E-state index in [1.165, 1.54) is 11.3 Å². The van der Waals surface area contributed by atoms with Crippen molar-refractivity contribution in [1.29, 1.82) is 0 Å². The maximum atomic E-state index is 12.2. The lowest BCUT2D eigenvalue weighted by atomic mass is 10.2. The van der Waals surface area contributed by atoms with Crippen LogP contribution in [0.5, 0.6) is 0 Å². The van der Waals surface area contributed by atoms with Crippen LogP contribution in [0.1, 0.15) is 10.4 Å². The van der Waals surface area contributed by atoms with Gasteiger partial charge in [-0.05, 0) is 60.7 Å². The van der Waals surface area contributed by atoms with E-state index in [0.717, 1.165) is 21.2 Å². The predicted molar refractivity (Wildman–Crippen MR) is 109 cm³/mol. The number of carbonyl (C=O) groups excluding carboxylic acids is 1. The Kier molecular flexibility index (Phi) is 4.80. The summed E-state index contributed by atoms with van der Waals surface area (Å²) in [6.07, 6.45) is 1.56. The number of nitrogens with zero attached hydrogens (tertiary/aromatic N) is 4. The number of fused-ring (bicyclic) bond motifs is 1. The number of hydrogen-bond acceptors (Lipinski definition) is 6. The molecule has 0 spiro atoms. The zero-order valence-electron chi connectivity index (χ0n) is 13.6. The number of halogens is 1. The Labute approximate surface area is 168 Å². The van der Waals surface area contributed by atoms with Crippen LogP contribution in [-0.2, 0) is 0 Å². The van der Waals surface area contributed by atoms with Crippen molar-refractivity contribution >= 4 is 56.8 Å². The van der Waals surface area contributed by atoms with Crippen LogP contribution >= 0.6 is 35.2 Å². The molecule has 2 N–H and O–H groups in total. The summed E-state index contributed by atoms with van der Waals surface area (Å²) in [5.74, 6) is -0.305. The fourth-order valence-electron chi connectivity index (χ4n) is 2.31. The van der Waals surface area contributed by atoms with Crippen molar-refractivity contribution in [2.75, 3.05) is 5.32 Å². The van der Waals surface area contributed by atoms with Crippen molar-refractivity contribution in [2.24, 2.45) is 0 Å². The van der Waals surface area contributed by atoms with E-state index in [1.54, 1.807) is 35.1 Å². The van der Waals surface area contributed by atoms with Crippen LogP contribution < -0.4 is 10.6 Å². The van der Waals surface area contributed by atoms with Gasteiger partial charge in [0.05, 0.1) is 0 Å². The van der Waals surface area contributed by atoms with Crippen LogP contribution in [0.25, 0.3) is 15.5 Å². The summed E-state index contributed by atoms with van der Waals surface area (Å²) in [7, 11) is 0. The summed E-state index contributed by atoms with van der Waals surface area (Å²) >= 11 is 12.5. The van der Waals surface area contributed by atoms with Crippen molar-refractivity contribution in [3.8, 4) is 10.6 Å². The van der Waals surface area contributed by atoms with Crippen LogP contribution in [0.15, 0.2) is 54.9 Å². The molecule has 2 aromatic carbocycles. The second-order valence-corrected chi connectivity index (χ2v) is 7.26. The quantitative estimate of drug-likeness (QED) is 0.498. The Morgan fingerprint density at radius 2 is 1.85 bits per heavy atom. The second-order valence-electron chi connectivity index (χ2n) is 5.46. The molecule has 0 aliphatic carbocycles. The van der Waals surface area contributed by atoms with Gasteiger partial charge in [0.1, 0.15) is 11.3 Å². The largest absolute Gasteiger partial charge is 0.332 e. The van der Waals surface area contributed by atoms with E-state index in [4.69, 9.17) is 23.8 Å². The van der Waals surface area contributed by atoms with Crippen LogP contribution in [-0.4, -0.2) is 30.8 Å². The first-order valence-electron chi connectivity index (χ1n) is 7.74. The Balaban J connectivity index is 1.40. The van der Waals surface area contributed by atoms with E-state index in [1.807, 2.05) is 24.3 Å². The van der Waals surface area contributed by atoms with Crippen LogP contribution in [0.2, 0.25) is 5.02 Å². The summed E-state index contributed by atoms with van der Waals surface area (Å²) in [6.45, 7) is 0.